The van der Waals surface area contributed by atoms with Gasteiger partial charge < -0.3 is 9.80 Å². The number of hydrogen-bond acceptors (Lipinski definition) is 6. The number of urea groups is 1. The highest BCUT2D eigenvalue weighted by atomic mass is 32.2. The Balaban J connectivity index is 0.849. The molecule has 2 aromatic rings. The molecule has 2 aromatic heterocycles. The van der Waals surface area contributed by atoms with Gasteiger partial charge in [-0.25, -0.2) is 18.2 Å². The van der Waals surface area contributed by atoms with Gasteiger partial charge in [0.25, 0.3) is 0 Å². The third-order valence-electron chi connectivity index (χ3n) is 8.78. The molecule has 2 spiro atoms. The van der Waals surface area contributed by atoms with Crippen LogP contribution < -0.4 is 0 Å². The Hall–Kier alpha value is -2.43. The van der Waals surface area contributed by atoms with Gasteiger partial charge in [0.2, 0.25) is 0 Å². The third-order valence-corrected chi connectivity index (χ3v) is 9.85. The van der Waals surface area contributed by atoms with Crippen molar-refractivity contribution >= 4 is 15.9 Å². The van der Waals surface area contributed by atoms with Gasteiger partial charge in [-0.1, -0.05) is 0 Å². The maximum absolute atomic E-state index is 12.9. The first-order valence-electron chi connectivity index (χ1n) is 12.4. The fourth-order valence-electron chi connectivity index (χ4n) is 6.88. The standard InChI is InChI=1S/C23H31N7O3S/c1-34(32,33)18-8-24-30(10-18)9-15-4-22(5-15)11-28(12-22)21(31)29-13-23(14-29)6-17(7-23)20-25-19(26-27-20)16-2-3-16/h8,10,15-17H,2-7,9,11-14H2,1H3,(H,25,26,27). The van der Waals surface area contributed by atoms with E-state index in [1.165, 1.54) is 25.3 Å². The average molecular weight is 486 g/mol. The summed E-state index contributed by atoms with van der Waals surface area (Å²) in [5.74, 6) is 3.60. The van der Waals surface area contributed by atoms with Crippen molar-refractivity contribution in [3.05, 3.63) is 24.0 Å². The first-order valence-corrected chi connectivity index (χ1v) is 14.3. The summed E-state index contributed by atoms with van der Waals surface area (Å²) in [5, 5.41) is 11.7. The Bertz CT molecular complexity index is 1230. The van der Waals surface area contributed by atoms with Crippen molar-refractivity contribution in [2.45, 2.75) is 61.8 Å². The number of amides is 2. The number of aromatic amines is 1. The maximum atomic E-state index is 12.9. The van der Waals surface area contributed by atoms with Crippen molar-refractivity contribution in [2.24, 2.45) is 16.7 Å². The molecule has 5 fully saturated rings. The normalized spacial score (nSPS) is 25.7. The van der Waals surface area contributed by atoms with Crippen molar-refractivity contribution in [2.75, 3.05) is 32.4 Å². The molecule has 2 saturated heterocycles. The van der Waals surface area contributed by atoms with E-state index in [0.717, 1.165) is 70.1 Å². The first-order chi connectivity index (χ1) is 16.2. The molecule has 11 heteroatoms. The second-order valence-corrected chi connectivity index (χ2v) is 13.9. The number of rotatable bonds is 5. The number of sulfone groups is 1. The summed E-state index contributed by atoms with van der Waals surface area (Å²) in [4.78, 5) is 21.9. The number of nitrogens with zero attached hydrogens (tertiary/aromatic N) is 6. The molecule has 0 unspecified atom stereocenters. The Labute approximate surface area is 199 Å². The lowest BCUT2D eigenvalue weighted by Gasteiger charge is -2.63. The second kappa shape index (κ2) is 6.83. The van der Waals surface area contributed by atoms with Crippen LogP contribution in [0.2, 0.25) is 0 Å². The zero-order valence-electron chi connectivity index (χ0n) is 19.5. The van der Waals surface area contributed by atoms with E-state index in [-0.39, 0.29) is 16.3 Å². The van der Waals surface area contributed by atoms with Crippen LogP contribution in [-0.4, -0.2) is 81.6 Å². The predicted octanol–water partition coefficient (Wildman–Crippen LogP) is 1.99. The highest BCUT2D eigenvalue weighted by Gasteiger charge is 2.58. The highest BCUT2D eigenvalue weighted by Crippen LogP contribution is 2.57. The Morgan fingerprint density at radius 2 is 1.71 bits per heavy atom. The van der Waals surface area contributed by atoms with E-state index in [4.69, 9.17) is 4.98 Å². The van der Waals surface area contributed by atoms with Gasteiger partial charge in [-0.15, -0.1) is 0 Å². The van der Waals surface area contributed by atoms with Gasteiger partial charge in [-0.3, -0.25) is 9.78 Å². The summed E-state index contributed by atoms with van der Waals surface area (Å²) in [7, 11) is -3.21. The molecule has 0 atom stereocenters. The van der Waals surface area contributed by atoms with E-state index < -0.39 is 9.84 Å². The monoisotopic (exact) mass is 485 g/mol. The van der Waals surface area contributed by atoms with Gasteiger partial charge in [0.1, 0.15) is 10.7 Å². The van der Waals surface area contributed by atoms with Crippen LogP contribution >= 0.6 is 0 Å². The van der Waals surface area contributed by atoms with Crippen LogP contribution in [0.15, 0.2) is 17.3 Å². The van der Waals surface area contributed by atoms with Crippen molar-refractivity contribution < 1.29 is 13.2 Å². The number of carbonyl (C=O) groups is 1. The zero-order valence-corrected chi connectivity index (χ0v) is 20.3. The van der Waals surface area contributed by atoms with E-state index in [1.807, 2.05) is 9.80 Å². The molecule has 0 radical (unpaired) electrons. The molecule has 0 bridgehead atoms. The predicted molar refractivity (Wildman–Crippen MR) is 122 cm³/mol. The molecule has 7 rings (SSSR count). The van der Waals surface area contributed by atoms with Gasteiger partial charge in [0, 0.05) is 67.8 Å². The lowest BCUT2D eigenvalue weighted by molar-refractivity contribution is -0.103. The van der Waals surface area contributed by atoms with Crippen molar-refractivity contribution in [3.8, 4) is 0 Å². The highest BCUT2D eigenvalue weighted by molar-refractivity contribution is 7.90. The van der Waals surface area contributed by atoms with Crippen LogP contribution in [0.5, 0.6) is 0 Å². The third kappa shape index (κ3) is 3.37. The van der Waals surface area contributed by atoms with Gasteiger partial charge in [-0.2, -0.15) is 10.2 Å². The fraction of sp³-hybridized carbons (Fsp3) is 0.739. The topological polar surface area (TPSA) is 117 Å². The summed E-state index contributed by atoms with van der Waals surface area (Å²) in [6.45, 7) is 4.20. The van der Waals surface area contributed by atoms with Gasteiger partial charge in [0.05, 0.1) is 6.20 Å². The summed E-state index contributed by atoms with van der Waals surface area (Å²) < 4.78 is 25.0. The van der Waals surface area contributed by atoms with Crippen LogP contribution in [0.3, 0.4) is 0 Å². The number of aromatic nitrogens is 5. The van der Waals surface area contributed by atoms with Crippen LogP contribution in [0.1, 0.15) is 62.0 Å². The molecule has 3 saturated carbocycles. The number of likely N-dealkylation sites (tertiary alicyclic amines) is 2. The maximum Gasteiger partial charge on any atom is 0.320 e. The Kier molecular flexibility index (Phi) is 4.20. The lowest BCUT2D eigenvalue weighted by Crippen LogP contribution is -2.71. The minimum absolute atomic E-state index is 0.198. The van der Waals surface area contributed by atoms with E-state index in [2.05, 4.69) is 15.3 Å². The minimum Gasteiger partial charge on any atom is -0.323 e. The molecule has 5 aliphatic rings. The van der Waals surface area contributed by atoms with E-state index >= 15 is 0 Å². The first kappa shape index (κ1) is 20.9. The van der Waals surface area contributed by atoms with Crippen molar-refractivity contribution in [3.63, 3.8) is 0 Å². The van der Waals surface area contributed by atoms with Crippen LogP contribution in [-0.2, 0) is 16.4 Å². The molecule has 10 nitrogen and oxygen atoms in total. The average Bonchev–Trinajstić information content (AvgIpc) is 3.19. The van der Waals surface area contributed by atoms with Gasteiger partial charge in [-0.05, 0) is 44.4 Å². The molecule has 0 aromatic carbocycles. The summed E-state index contributed by atoms with van der Waals surface area (Å²) in [6.07, 6.45) is 11.1. The number of carbonyl (C=O) groups excluding carboxylic acids is 1. The SMILES string of the molecule is CS(=O)(=O)c1cnn(CC2CC3(C2)CN(C(=O)N2CC4(CC(c5nc(C6CC6)n[nH]5)C4)C2)C3)c1. The molecular formula is C23H31N7O3S. The van der Waals surface area contributed by atoms with E-state index in [1.54, 1.807) is 10.9 Å². The van der Waals surface area contributed by atoms with Gasteiger partial charge >= 0.3 is 6.03 Å². The summed E-state index contributed by atoms with van der Waals surface area (Å²) >= 11 is 0. The fourth-order valence-corrected chi connectivity index (χ4v) is 7.43. The van der Waals surface area contributed by atoms with Crippen molar-refractivity contribution in [1.82, 2.24) is 34.8 Å². The quantitative estimate of drug-likeness (QED) is 0.692. The Morgan fingerprint density at radius 1 is 1.06 bits per heavy atom. The minimum atomic E-state index is -3.21. The van der Waals surface area contributed by atoms with Crippen molar-refractivity contribution in [1.29, 1.82) is 0 Å². The van der Waals surface area contributed by atoms with Gasteiger partial charge in [0.15, 0.2) is 15.7 Å². The largest absolute Gasteiger partial charge is 0.323 e. The molecule has 2 amide bonds. The van der Waals surface area contributed by atoms with Crippen LogP contribution in [0.4, 0.5) is 4.79 Å². The number of H-pyrrole nitrogens is 1. The second-order valence-electron chi connectivity index (χ2n) is 11.9. The summed E-state index contributed by atoms with van der Waals surface area (Å²) in [5.41, 5.74) is 0.564. The number of nitrogens with one attached hydrogen (secondary N) is 1. The van der Waals surface area contributed by atoms with Crippen LogP contribution in [0.25, 0.3) is 0 Å². The Morgan fingerprint density at radius 3 is 2.29 bits per heavy atom. The smallest absolute Gasteiger partial charge is 0.320 e. The molecule has 3 aliphatic carbocycles. The summed E-state index contributed by atoms with van der Waals surface area (Å²) in [6, 6.07) is 0.198. The molecular weight excluding hydrogens is 454 g/mol. The van der Waals surface area contributed by atoms with E-state index in [0.29, 0.717) is 23.2 Å². The molecule has 182 valence electrons. The lowest BCUT2D eigenvalue weighted by atomic mass is 9.57. The van der Waals surface area contributed by atoms with Crippen LogP contribution in [0, 0.1) is 16.7 Å². The molecule has 4 heterocycles. The molecule has 34 heavy (non-hydrogen) atoms. The van der Waals surface area contributed by atoms with E-state index in [9.17, 15) is 13.2 Å². The molecule has 1 N–H and O–H groups in total. The molecule has 2 aliphatic heterocycles. The number of hydrogen-bond donors (Lipinski definition) is 1. The zero-order chi connectivity index (χ0) is 23.3.